The van der Waals surface area contributed by atoms with Gasteiger partial charge in [-0.05, 0) is 12.8 Å². The minimum absolute atomic E-state index is 0.137. The van der Waals surface area contributed by atoms with Gasteiger partial charge in [0.05, 0.1) is 0 Å². The lowest BCUT2D eigenvalue weighted by Gasteiger charge is -1.98. The third-order valence-electron chi connectivity index (χ3n) is 2.45. The molecule has 0 amide bonds. The van der Waals surface area contributed by atoms with Crippen molar-refractivity contribution in [2.45, 2.75) is 57.3 Å². The molecule has 1 aliphatic rings. The molecule has 0 saturated carbocycles. The summed E-state index contributed by atoms with van der Waals surface area (Å²) < 4.78 is 4.88. The monoisotopic (exact) mass is 188 g/mol. The molecule has 1 heterocycles. The molecule has 78 valence electrons. The minimum Gasteiger partial charge on any atom is -0.396 e. The van der Waals surface area contributed by atoms with Gasteiger partial charge in [0.25, 0.3) is 0 Å². The van der Waals surface area contributed by atoms with Crippen molar-refractivity contribution < 1.29 is 14.9 Å². The molecule has 13 heavy (non-hydrogen) atoms. The Morgan fingerprint density at radius 3 is 2.00 bits per heavy atom. The van der Waals surface area contributed by atoms with E-state index in [0.717, 1.165) is 25.7 Å². The van der Waals surface area contributed by atoms with Gasteiger partial charge in [0.1, 0.15) is 6.10 Å². The van der Waals surface area contributed by atoms with Crippen LogP contribution in [0.25, 0.3) is 0 Å². The van der Waals surface area contributed by atoms with Gasteiger partial charge in [-0.3, -0.25) is 0 Å². The van der Waals surface area contributed by atoms with Crippen molar-refractivity contribution in [3.8, 4) is 0 Å². The second-order valence-electron chi connectivity index (χ2n) is 3.70. The van der Waals surface area contributed by atoms with Crippen molar-refractivity contribution in [3.05, 3.63) is 0 Å². The third kappa shape index (κ3) is 5.24. The van der Waals surface area contributed by atoms with Crippen molar-refractivity contribution in [3.63, 3.8) is 0 Å². The molecule has 1 rings (SSSR count). The predicted octanol–water partition coefficient (Wildman–Crippen LogP) is 1.43. The molecule has 2 N–H and O–H groups in total. The van der Waals surface area contributed by atoms with Gasteiger partial charge in [-0.1, -0.05) is 32.1 Å². The Labute approximate surface area is 79.7 Å². The topological polar surface area (TPSA) is 53.0 Å². The molecule has 0 aromatic rings. The molecular weight excluding hydrogens is 168 g/mol. The highest BCUT2D eigenvalue weighted by atomic mass is 16.7. The van der Waals surface area contributed by atoms with Gasteiger partial charge in [-0.15, -0.1) is 0 Å². The van der Waals surface area contributed by atoms with Crippen LogP contribution in [0.15, 0.2) is 0 Å². The zero-order chi connectivity index (χ0) is 9.52. The van der Waals surface area contributed by atoms with Crippen LogP contribution in [0.5, 0.6) is 0 Å². The summed E-state index contributed by atoms with van der Waals surface area (Å²) in [4.78, 5) is 0. The molecule has 1 aliphatic heterocycles. The van der Waals surface area contributed by atoms with E-state index in [1.165, 1.54) is 19.3 Å². The molecule has 0 aliphatic carbocycles. The van der Waals surface area contributed by atoms with E-state index in [4.69, 9.17) is 14.9 Å². The van der Waals surface area contributed by atoms with Gasteiger partial charge in [0, 0.05) is 6.61 Å². The minimum atomic E-state index is -0.464. The Morgan fingerprint density at radius 1 is 0.923 bits per heavy atom. The lowest BCUT2D eigenvalue weighted by atomic mass is 10.1. The summed E-state index contributed by atoms with van der Waals surface area (Å²) in [5.41, 5.74) is 0. The largest absolute Gasteiger partial charge is 0.396 e. The van der Waals surface area contributed by atoms with Crippen LogP contribution in [-0.2, 0) is 4.74 Å². The maximum absolute atomic E-state index is 8.85. The Hall–Kier alpha value is -0.120. The number of epoxide rings is 1. The van der Waals surface area contributed by atoms with Crippen LogP contribution in [-0.4, -0.2) is 29.2 Å². The highest BCUT2D eigenvalue weighted by molar-refractivity contribution is 4.74. The quantitative estimate of drug-likeness (QED) is 0.447. The van der Waals surface area contributed by atoms with Gasteiger partial charge in [0.15, 0.2) is 6.29 Å². The Kier molecular flexibility index (Phi) is 5.35. The van der Waals surface area contributed by atoms with Crippen LogP contribution in [0.1, 0.15) is 44.9 Å². The van der Waals surface area contributed by atoms with Gasteiger partial charge in [-0.2, -0.15) is 0 Å². The average Bonchev–Trinajstić information content (AvgIpc) is 2.81. The molecular formula is C10H20O3. The smallest absolute Gasteiger partial charge is 0.181 e. The third-order valence-corrected chi connectivity index (χ3v) is 2.45. The first-order valence-corrected chi connectivity index (χ1v) is 5.29. The lowest BCUT2D eigenvalue weighted by molar-refractivity contribution is 0.156. The van der Waals surface area contributed by atoms with Crippen molar-refractivity contribution in [1.82, 2.24) is 0 Å². The summed E-state index contributed by atoms with van der Waals surface area (Å²) in [6, 6.07) is 0. The number of aliphatic hydroxyl groups is 2. The Morgan fingerprint density at radius 2 is 1.46 bits per heavy atom. The van der Waals surface area contributed by atoms with E-state index in [9.17, 15) is 0 Å². The fourth-order valence-corrected chi connectivity index (χ4v) is 1.51. The van der Waals surface area contributed by atoms with Crippen LogP contribution in [0, 0.1) is 0 Å². The van der Waals surface area contributed by atoms with Crippen molar-refractivity contribution in [1.29, 1.82) is 0 Å². The molecule has 0 aromatic heterocycles. The van der Waals surface area contributed by atoms with E-state index < -0.39 is 6.29 Å². The zero-order valence-electron chi connectivity index (χ0n) is 8.11. The first-order chi connectivity index (χ1) is 6.34. The maximum Gasteiger partial charge on any atom is 0.181 e. The number of rotatable bonds is 8. The van der Waals surface area contributed by atoms with Gasteiger partial charge in [0.2, 0.25) is 0 Å². The lowest BCUT2D eigenvalue weighted by Crippen LogP contribution is -1.91. The Balaban J connectivity index is 1.69. The first-order valence-electron chi connectivity index (χ1n) is 5.29. The molecule has 3 heteroatoms. The standard InChI is InChI=1S/C10H20O3/c11-8-6-4-2-1-3-5-7-9-10(12)13-9/h9-12H,1-8H2. The van der Waals surface area contributed by atoms with E-state index >= 15 is 0 Å². The van der Waals surface area contributed by atoms with E-state index in [1.807, 2.05) is 0 Å². The molecule has 0 spiro atoms. The SMILES string of the molecule is OCCCCCCCCC1OC1O. The van der Waals surface area contributed by atoms with Crippen LogP contribution >= 0.6 is 0 Å². The molecule has 1 fully saturated rings. The molecule has 0 radical (unpaired) electrons. The first kappa shape index (κ1) is 11.0. The number of hydrogen-bond donors (Lipinski definition) is 2. The number of hydrogen-bond acceptors (Lipinski definition) is 3. The summed E-state index contributed by atoms with van der Waals surface area (Å²) in [7, 11) is 0. The highest BCUT2D eigenvalue weighted by Crippen LogP contribution is 2.24. The molecule has 2 atom stereocenters. The summed E-state index contributed by atoms with van der Waals surface area (Å²) in [6.45, 7) is 0.322. The van der Waals surface area contributed by atoms with Crippen molar-refractivity contribution in [2.75, 3.05) is 6.61 Å². The maximum atomic E-state index is 8.85. The molecule has 0 bridgehead atoms. The fraction of sp³-hybridized carbons (Fsp3) is 1.00. The molecule has 3 nitrogen and oxygen atoms in total. The van der Waals surface area contributed by atoms with Crippen LogP contribution in [0.3, 0.4) is 0 Å². The van der Waals surface area contributed by atoms with Crippen LogP contribution in [0.2, 0.25) is 0 Å². The molecule has 2 unspecified atom stereocenters. The summed E-state index contributed by atoms with van der Waals surface area (Å²) in [5.74, 6) is 0. The van der Waals surface area contributed by atoms with E-state index in [-0.39, 0.29) is 6.10 Å². The zero-order valence-corrected chi connectivity index (χ0v) is 8.11. The summed E-state index contributed by atoms with van der Waals surface area (Å²) >= 11 is 0. The number of aliphatic hydroxyl groups excluding tert-OH is 2. The van der Waals surface area contributed by atoms with Crippen molar-refractivity contribution in [2.24, 2.45) is 0 Å². The van der Waals surface area contributed by atoms with Crippen molar-refractivity contribution >= 4 is 0 Å². The highest BCUT2D eigenvalue weighted by Gasteiger charge is 2.35. The summed E-state index contributed by atoms with van der Waals surface area (Å²) in [6.07, 6.45) is 7.58. The van der Waals surface area contributed by atoms with Gasteiger partial charge in [-0.25, -0.2) is 0 Å². The molecule has 1 saturated heterocycles. The van der Waals surface area contributed by atoms with Gasteiger partial charge >= 0.3 is 0 Å². The summed E-state index contributed by atoms with van der Waals surface area (Å²) in [5, 5.41) is 17.4. The normalized spacial score (nSPS) is 26.3. The second-order valence-corrected chi connectivity index (χ2v) is 3.70. The number of ether oxygens (including phenoxy) is 1. The second kappa shape index (κ2) is 6.35. The number of unbranched alkanes of at least 4 members (excludes halogenated alkanes) is 5. The van der Waals surface area contributed by atoms with E-state index in [1.54, 1.807) is 0 Å². The Bertz CT molecular complexity index is 127. The van der Waals surface area contributed by atoms with E-state index in [2.05, 4.69) is 0 Å². The average molecular weight is 188 g/mol. The van der Waals surface area contributed by atoms with Crippen LogP contribution in [0.4, 0.5) is 0 Å². The fourth-order valence-electron chi connectivity index (χ4n) is 1.51. The predicted molar refractivity (Wildman–Crippen MR) is 50.3 cm³/mol. The van der Waals surface area contributed by atoms with Gasteiger partial charge < -0.3 is 14.9 Å². The molecule has 0 aromatic carbocycles. The van der Waals surface area contributed by atoms with E-state index in [0.29, 0.717) is 6.61 Å². The van der Waals surface area contributed by atoms with Crippen LogP contribution < -0.4 is 0 Å².